The highest BCUT2D eigenvalue weighted by Gasteiger charge is 2.36. The lowest BCUT2D eigenvalue weighted by molar-refractivity contribution is 0.0197. The van der Waals surface area contributed by atoms with E-state index in [1.807, 2.05) is 0 Å². The Morgan fingerprint density at radius 3 is 2.76 bits per heavy atom. The maximum Gasteiger partial charge on any atom is 0.246 e. The van der Waals surface area contributed by atoms with Crippen LogP contribution in [0.3, 0.4) is 0 Å². The molecule has 0 aliphatic carbocycles. The van der Waals surface area contributed by atoms with Crippen molar-refractivity contribution in [3.8, 4) is 0 Å². The standard InChI is InChI=1S/C13H18ClN3O3S/c14-12-1-3-15-9-13(12)21(18,19)17-4-2-11(10-17)16-5-7-20-8-6-16/h1,3,9,11H,2,4-8,10H2. The highest BCUT2D eigenvalue weighted by atomic mass is 35.5. The van der Waals surface area contributed by atoms with Crippen LogP contribution in [-0.2, 0) is 14.8 Å². The first-order chi connectivity index (χ1) is 10.1. The van der Waals surface area contributed by atoms with E-state index in [1.165, 1.54) is 22.8 Å². The first-order valence-electron chi connectivity index (χ1n) is 7.00. The molecule has 2 aliphatic rings. The molecule has 0 spiro atoms. The van der Waals surface area contributed by atoms with Crippen LogP contribution in [0.25, 0.3) is 0 Å². The zero-order chi connectivity index (χ0) is 14.9. The van der Waals surface area contributed by atoms with Crippen molar-refractivity contribution in [2.24, 2.45) is 0 Å². The molecule has 0 radical (unpaired) electrons. The van der Waals surface area contributed by atoms with Gasteiger partial charge < -0.3 is 4.74 Å². The van der Waals surface area contributed by atoms with Crippen molar-refractivity contribution < 1.29 is 13.2 Å². The van der Waals surface area contributed by atoms with Gasteiger partial charge in [-0.3, -0.25) is 9.88 Å². The van der Waals surface area contributed by atoms with Gasteiger partial charge in [-0.05, 0) is 12.5 Å². The van der Waals surface area contributed by atoms with Gasteiger partial charge in [0, 0.05) is 44.6 Å². The molecular formula is C13H18ClN3O3S. The maximum atomic E-state index is 12.6. The number of morpholine rings is 1. The van der Waals surface area contributed by atoms with Crippen LogP contribution >= 0.6 is 11.6 Å². The van der Waals surface area contributed by atoms with Crippen LogP contribution in [0, 0.1) is 0 Å². The Kier molecular flexibility index (Phi) is 4.46. The summed E-state index contributed by atoms with van der Waals surface area (Å²) in [6.45, 7) is 4.21. The smallest absolute Gasteiger partial charge is 0.246 e. The SMILES string of the molecule is O=S(=O)(c1cnccc1Cl)N1CCC(N2CCOCC2)C1. The molecule has 0 N–H and O–H groups in total. The average molecular weight is 332 g/mol. The van der Waals surface area contributed by atoms with Gasteiger partial charge in [0.15, 0.2) is 0 Å². The minimum absolute atomic E-state index is 0.0919. The number of rotatable bonds is 3. The van der Waals surface area contributed by atoms with E-state index < -0.39 is 10.0 Å². The van der Waals surface area contributed by atoms with Gasteiger partial charge in [0.05, 0.1) is 18.2 Å². The molecule has 0 amide bonds. The van der Waals surface area contributed by atoms with Crippen LogP contribution in [0.4, 0.5) is 0 Å². The number of ether oxygens (including phenoxy) is 1. The van der Waals surface area contributed by atoms with E-state index in [2.05, 4.69) is 9.88 Å². The first kappa shape index (κ1) is 15.2. The number of nitrogens with zero attached hydrogens (tertiary/aromatic N) is 3. The Balaban J connectivity index is 1.74. The van der Waals surface area contributed by atoms with E-state index in [1.54, 1.807) is 0 Å². The van der Waals surface area contributed by atoms with E-state index in [-0.39, 0.29) is 16.0 Å². The zero-order valence-corrected chi connectivity index (χ0v) is 13.2. The third kappa shape index (κ3) is 3.07. The normalized spacial score (nSPS) is 25.3. The number of pyridine rings is 1. The van der Waals surface area contributed by atoms with Crippen LogP contribution in [0.15, 0.2) is 23.4 Å². The van der Waals surface area contributed by atoms with Crippen molar-refractivity contribution in [2.75, 3.05) is 39.4 Å². The van der Waals surface area contributed by atoms with Crippen molar-refractivity contribution in [3.63, 3.8) is 0 Å². The molecule has 1 aromatic heterocycles. The highest BCUT2D eigenvalue weighted by Crippen LogP contribution is 2.27. The molecule has 6 nitrogen and oxygen atoms in total. The summed E-state index contributed by atoms with van der Waals surface area (Å²) in [4.78, 5) is 6.28. The maximum absolute atomic E-state index is 12.6. The van der Waals surface area contributed by atoms with Gasteiger partial charge in [-0.1, -0.05) is 11.6 Å². The fraction of sp³-hybridized carbons (Fsp3) is 0.615. The van der Waals surface area contributed by atoms with E-state index in [9.17, 15) is 8.42 Å². The molecule has 0 aromatic carbocycles. The molecule has 1 unspecified atom stereocenters. The molecule has 0 bridgehead atoms. The lowest BCUT2D eigenvalue weighted by Crippen LogP contribution is -2.45. The van der Waals surface area contributed by atoms with Crippen LogP contribution < -0.4 is 0 Å². The topological polar surface area (TPSA) is 62.7 Å². The number of aromatic nitrogens is 1. The van der Waals surface area contributed by atoms with E-state index in [0.717, 1.165) is 32.7 Å². The Hall–Kier alpha value is -0.730. The van der Waals surface area contributed by atoms with Crippen LogP contribution in [0.2, 0.25) is 5.02 Å². The Labute approximate surface area is 129 Å². The molecule has 3 rings (SSSR count). The van der Waals surface area contributed by atoms with Crippen molar-refractivity contribution >= 4 is 21.6 Å². The fourth-order valence-electron chi connectivity index (χ4n) is 2.86. The summed E-state index contributed by atoms with van der Waals surface area (Å²) < 4.78 is 32.1. The fourth-order valence-corrected chi connectivity index (χ4v) is 4.76. The van der Waals surface area contributed by atoms with Gasteiger partial charge in [-0.15, -0.1) is 0 Å². The van der Waals surface area contributed by atoms with Gasteiger partial charge in [0.2, 0.25) is 10.0 Å². The number of halogens is 1. The van der Waals surface area contributed by atoms with Gasteiger partial charge in [0.1, 0.15) is 4.90 Å². The summed E-state index contributed by atoms with van der Waals surface area (Å²) in [7, 11) is -3.56. The summed E-state index contributed by atoms with van der Waals surface area (Å²) in [6.07, 6.45) is 3.65. The van der Waals surface area contributed by atoms with Gasteiger partial charge in [0.25, 0.3) is 0 Å². The van der Waals surface area contributed by atoms with Crippen molar-refractivity contribution in [1.82, 2.24) is 14.2 Å². The second-order valence-corrected chi connectivity index (χ2v) is 7.57. The molecule has 1 aromatic rings. The molecule has 2 fully saturated rings. The Morgan fingerprint density at radius 2 is 2.05 bits per heavy atom. The molecule has 2 saturated heterocycles. The van der Waals surface area contributed by atoms with Gasteiger partial charge in [-0.2, -0.15) is 4.31 Å². The largest absolute Gasteiger partial charge is 0.379 e. The van der Waals surface area contributed by atoms with Crippen LogP contribution in [0.5, 0.6) is 0 Å². The molecule has 1 atom stereocenters. The summed E-state index contributed by atoms with van der Waals surface area (Å²) in [5, 5.41) is 0.222. The monoisotopic (exact) mass is 331 g/mol. The highest BCUT2D eigenvalue weighted by molar-refractivity contribution is 7.89. The van der Waals surface area contributed by atoms with Gasteiger partial charge in [-0.25, -0.2) is 8.42 Å². The third-order valence-electron chi connectivity index (χ3n) is 4.04. The predicted molar refractivity (Wildman–Crippen MR) is 78.8 cm³/mol. The number of hydrogen-bond donors (Lipinski definition) is 0. The molecule has 3 heterocycles. The summed E-state index contributed by atoms with van der Waals surface area (Å²) >= 11 is 6.00. The van der Waals surface area contributed by atoms with Crippen LogP contribution in [0.1, 0.15) is 6.42 Å². The van der Waals surface area contributed by atoms with Crippen molar-refractivity contribution in [1.29, 1.82) is 0 Å². The second-order valence-electron chi connectivity index (χ2n) is 5.26. The van der Waals surface area contributed by atoms with Crippen molar-refractivity contribution in [3.05, 3.63) is 23.5 Å². The average Bonchev–Trinajstić information content (AvgIpc) is 2.99. The molecule has 8 heteroatoms. The lowest BCUT2D eigenvalue weighted by Gasteiger charge is -2.32. The molecule has 2 aliphatic heterocycles. The Morgan fingerprint density at radius 1 is 1.29 bits per heavy atom. The summed E-state index contributed by atoms with van der Waals surface area (Å²) in [5.74, 6) is 0. The minimum atomic E-state index is -3.56. The molecule has 21 heavy (non-hydrogen) atoms. The summed E-state index contributed by atoms with van der Waals surface area (Å²) in [5.41, 5.74) is 0. The van der Waals surface area contributed by atoms with E-state index in [0.29, 0.717) is 13.1 Å². The number of sulfonamides is 1. The van der Waals surface area contributed by atoms with Crippen molar-refractivity contribution in [2.45, 2.75) is 17.4 Å². The lowest BCUT2D eigenvalue weighted by atomic mass is 10.2. The Bertz CT molecular complexity index is 604. The summed E-state index contributed by atoms with van der Waals surface area (Å²) in [6, 6.07) is 1.77. The number of hydrogen-bond acceptors (Lipinski definition) is 5. The first-order valence-corrected chi connectivity index (χ1v) is 8.82. The predicted octanol–water partition coefficient (Wildman–Crippen LogP) is 0.830. The third-order valence-corrected chi connectivity index (χ3v) is 6.37. The van der Waals surface area contributed by atoms with E-state index >= 15 is 0 Å². The second kappa shape index (κ2) is 6.18. The molecule has 0 saturated carbocycles. The molecular weight excluding hydrogens is 314 g/mol. The van der Waals surface area contributed by atoms with E-state index in [4.69, 9.17) is 16.3 Å². The molecule has 116 valence electrons. The zero-order valence-electron chi connectivity index (χ0n) is 11.6. The van der Waals surface area contributed by atoms with Crippen LogP contribution in [-0.4, -0.2) is 68.0 Å². The van der Waals surface area contributed by atoms with Gasteiger partial charge >= 0.3 is 0 Å². The minimum Gasteiger partial charge on any atom is -0.379 e. The quantitative estimate of drug-likeness (QED) is 0.821.